The molecule has 0 aromatic heterocycles. The second-order valence-corrected chi connectivity index (χ2v) is 6.09. The Balaban J connectivity index is 2.70. The van der Waals surface area contributed by atoms with Crippen molar-refractivity contribution in [1.82, 2.24) is 0 Å². The van der Waals surface area contributed by atoms with Gasteiger partial charge in [-0.15, -0.1) is 11.8 Å². The first-order chi connectivity index (χ1) is 7.67. The molecule has 0 amide bonds. The predicted molar refractivity (Wildman–Crippen MR) is 77.1 cm³/mol. The van der Waals surface area contributed by atoms with Gasteiger partial charge in [-0.05, 0) is 42.6 Å². The Morgan fingerprint density at radius 3 is 2.81 bits per heavy atom. The van der Waals surface area contributed by atoms with E-state index in [2.05, 4.69) is 48.0 Å². The highest BCUT2D eigenvalue weighted by Gasteiger charge is 2.06. The van der Waals surface area contributed by atoms with E-state index in [-0.39, 0.29) is 0 Å². The van der Waals surface area contributed by atoms with Crippen molar-refractivity contribution in [2.45, 2.75) is 31.6 Å². The Kier molecular flexibility index (Phi) is 6.47. The first-order valence-corrected chi connectivity index (χ1v) is 7.56. The van der Waals surface area contributed by atoms with Crippen LogP contribution in [0.5, 0.6) is 0 Å². The largest absolute Gasteiger partial charge is 0.330 e. The van der Waals surface area contributed by atoms with Crippen LogP contribution in [-0.4, -0.2) is 12.3 Å². The molecule has 2 N–H and O–H groups in total. The van der Waals surface area contributed by atoms with Gasteiger partial charge in [0.2, 0.25) is 0 Å². The van der Waals surface area contributed by atoms with Crippen molar-refractivity contribution < 1.29 is 0 Å². The van der Waals surface area contributed by atoms with E-state index in [0.29, 0.717) is 6.54 Å². The summed E-state index contributed by atoms with van der Waals surface area (Å²) in [6.45, 7) is 5.26. The lowest BCUT2D eigenvalue weighted by Crippen LogP contribution is -2.04. The van der Waals surface area contributed by atoms with Gasteiger partial charge in [-0.25, -0.2) is 0 Å². The lowest BCUT2D eigenvalue weighted by Gasteiger charge is -2.11. The number of benzene rings is 1. The number of rotatable bonds is 6. The van der Waals surface area contributed by atoms with E-state index in [1.165, 1.54) is 22.6 Å². The van der Waals surface area contributed by atoms with Crippen molar-refractivity contribution in [2.24, 2.45) is 11.7 Å². The topological polar surface area (TPSA) is 26.0 Å². The number of hydrogen-bond acceptors (Lipinski definition) is 2. The zero-order valence-corrected chi connectivity index (χ0v) is 12.4. The monoisotopic (exact) mass is 301 g/mol. The summed E-state index contributed by atoms with van der Waals surface area (Å²) in [4.78, 5) is 1.38. The predicted octanol–water partition coefficient (Wildman–Crippen LogP) is 4.09. The summed E-state index contributed by atoms with van der Waals surface area (Å²) in [6.07, 6.45) is 2.21. The SMILES string of the molecule is CCC(C)CSc1ccc(Br)cc1CCN. The molecule has 1 rings (SSSR count). The van der Waals surface area contributed by atoms with Gasteiger partial charge in [-0.1, -0.05) is 36.2 Å². The van der Waals surface area contributed by atoms with Crippen LogP contribution < -0.4 is 5.73 Å². The van der Waals surface area contributed by atoms with Gasteiger partial charge in [0.25, 0.3) is 0 Å². The fraction of sp³-hybridized carbons (Fsp3) is 0.538. The van der Waals surface area contributed by atoms with E-state index in [9.17, 15) is 0 Å². The Bertz CT molecular complexity index is 328. The molecule has 0 aliphatic carbocycles. The zero-order chi connectivity index (χ0) is 12.0. The van der Waals surface area contributed by atoms with Gasteiger partial charge in [0.05, 0.1) is 0 Å². The minimum Gasteiger partial charge on any atom is -0.330 e. The molecule has 1 nitrogen and oxygen atoms in total. The number of thioether (sulfide) groups is 1. The van der Waals surface area contributed by atoms with Gasteiger partial charge in [0.15, 0.2) is 0 Å². The number of hydrogen-bond donors (Lipinski definition) is 1. The third-order valence-electron chi connectivity index (χ3n) is 2.66. The van der Waals surface area contributed by atoms with E-state index in [0.717, 1.165) is 16.8 Å². The molecule has 0 fully saturated rings. The highest BCUT2D eigenvalue weighted by molar-refractivity contribution is 9.10. The molecule has 0 aliphatic rings. The fourth-order valence-electron chi connectivity index (χ4n) is 1.39. The molecule has 0 saturated carbocycles. The van der Waals surface area contributed by atoms with Gasteiger partial charge in [-0.3, -0.25) is 0 Å². The summed E-state index contributed by atoms with van der Waals surface area (Å²) in [5.74, 6) is 1.97. The smallest absolute Gasteiger partial charge is 0.0178 e. The molecule has 0 heterocycles. The van der Waals surface area contributed by atoms with Crippen LogP contribution in [0.4, 0.5) is 0 Å². The Morgan fingerprint density at radius 2 is 2.19 bits per heavy atom. The molecule has 1 aromatic carbocycles. The standard InChI is InChI=1S/C13H20BrNS/c1-3-10(2)9-16-13-5-4-12(14)8-11(13)6-7-15/h4-5,8,10H,3,6-7,9,15H2,1-2H3. The lowest BCUT2D eigenvalue weighted by atomic mass is 10.1. The van der Waals surface area contributed by atoms with Gasteiger partial charge >= 0.3 is 0 Å². The lowest BCUT2D eigenvalue weighted by molar-refractivity contribution is 0.637. The molecule has 90 valence electrons. The summed E-state index contributed by atoms with van der Waals surface area (Å²) in [5.41, 5.74) is 7.00. The first kappa shape index (κ1) is 14.1. The quantitative estimate of drug-likeness (QED) is 0.801. The molecule has 1 atom stereocenters. The highest BCUT2D eigenvalue weighted by Crippen LogP contribution is 2.28. The average molecular weight is 302 g/mol. The molecule has 16 heavy (non-hydrogen) atoms. The molecule has 0 spiro atoms. The summed E-state index contributed by atoms with van der Waals surface area (Å²) in [6, 6.07) is 6.49. The van der Waals surface area contributed by atoms with E-state index < -0.39 is 0 Å². The van der Waals surface area contributed by atoms with Crippen molar-refractivity contribution >= 4 is 27.7 Å². The van der Waals surface area contributed by atoms with Gasteiger partial charge in [0.1, 0.15) is 0 Å². The number of nitrogens with two attached hydrogens (primary N) is 1. The molecule has 3 heteroatoms. The van der Waals surface area contributed by atoms with Crippen molar-refractivity contribution in [1.29, 1.82) is 0 Å². The van der Waals surface area contributed by atoms with Crippen LogP contribution in [0.2, 0.25) is 0 Å². The third kappa shape index (κ3) is 4.48. The maximum Gasteiger partial charge on any atom is 0.0178 e. The van der Waals surface area contributed by atoms with Crippen molar-refractivity contribution in [2.75, 3.05) is 12.3 Å². The molecular formula is C13H20BrNS. The highest BCUT2D eigenvalue weighted by atomic mass is 79.9. The molecule has 0 aliphatic heterocycles. The second kappa shape index (κ2) is 7.36. The molecule has 0 bridgehead atoms. The average Bonchev–Trinajstić information content (AvgIpc) is 2.28. The maximum atomic E-state index is 5.64. The normalized spacial score (nSPS) is 12.8. The molecule has 0 radical (unpaired) electrons. The van der Waals surface area contributed by atoms with Crippen LogP contribution in [0.1, 0.15) is 25.8 Å². The van der Waals surface area contributed by atoms with Crippen molar-refractivity contribution in [3.8, 4) is 0 Å². The van der Waals surface area contributed by atoms with E-state index in [1.807, 2.05) is 11.8 Å². The van der Waals surface area contributed by atoms with Gasteiger partial charge in [0, 0.05) is 15.1 Å². The van der Waals surface area contributed by atoms with Crippen LogP contribution >= 0.6 is 27.7 Å². The van der Waals surface area contributed by atoms with E-state index in [4.69, 9.17) is 5.73 Å². The van der Waals surface area contributed by atoms with E-state index >= 15 is 0 Å². The molecule has 0 saturated heterocycles. The van der Waals surface area contributed by atoms with Crippen LogP contribution in [0.25, 0.3) is 0 Å². The summed E-state index contributed by atoms with van der Waals surface area (Å²) >= 11 is 5.46. The maximum absolute atomic E-state index is 5.64. The first-order valence-electron chi connectivity index (χ1n) is 5.78. The van der Waals surface area contributed by atoms with Gasteiger partial charge in [-0.2, -0.15) is 0 Å². The minimum absolute atomic E-state index is 0.716. The summed E-state index contributed by atoms with van der Waals surface area (Å²) in [7, 11) is 0. The van der Waals surface area contributed by atoms with Crippen LogP contribution in [-0.2, 0) is 6.42 Å². The van der Waals surface area contributed by atoms with Gasteiger partial charge < -0.3 is 5.73 Å². The zero-order valence-electron chi connectivity index (χ0n) is 10.0. The van der Waals surface area contributed by atoms with Crippen molar-refractivity contribution in [3.05, 3.63) is 28.2 Å². The van der Waals surface area contributed by atoms with Crippen LogP contribution in [0.3, 0.4) is 0 Å². The number of halogens is 1. The third-order valence-corrected chi connectivity index (χ3v) is 4.59. The van der Waals surface area contributed by atoms with Crippen molar-refractivity contribution in [3.63, 3.8) is 0 Å². The van der Waals surface area contributed by atoms with E-state index in [1.54, 1.807) is 0 Å². The second-order valence-electron chi connectivity index (χ2n) is 4.12. The minimum atomic E-state index is 0.716. The summed E-state index contributed by atoms with van der Waals surface area (Å²) in [5, 5.41) is 0. The molecule has 1 aromatic rings. The fourth-order valence-corrected chi connectivity index (χ4v) is 3.01. The Morgan fingerprint density at radius 1 is 1.44 bits per heavy atom. The Hall–Kier alpha value is 0.01000. The molecule has 1 unspecified atom stereocenters. The summed E-state index contributed by atoms with van der Waals surface area (Å²) < 4.78 is 1.14. The molecular weight excluding hydrogens is 282 g/mol. The van der Waals surface area contributed by atoms with Crippen LogP contribution in [0, 0.1) is 5.92 Å². The Labute approximate surface area is 111 Å². The van der Waals surface area contributed by atoms with Crippen LogP contribution in [0.15, 0.2) is 27.6 Å².